The molecular weight excluding hydrogens is 271 g/mol. The van der Waals surface area contributed by atoms with E-state index in [-0.39, 0.29) is 11.8 Å². The van der Waals surface area contributed by atoms with Crippen molar-refractivity contribution in [2.75, 3.05) is 13.7 Å². The first-order chi connectivity index (χ1) is 9.30. The van der Waals surface area contributed by atoms with Crippen molar-refractivity contribution in [2.24, 2.45) is 11.7 Å². The molecule has 1 aromatic carbocycles. The Balaban J connectivity index is 2.48. The van der Waals surface area contributed by atoms with E-state index in [9.17, 15) is 13.2 Å². The lowest BCUT2D eigenvalue weighted by atomic mass is 9.97. The first-order valence-corrected chi connectivity index (χ1v) is 6.39. The van der Waals surface area contributed by atoms with Crippen LogP contribution in [0.3, 0.4) is 0 Å². The third kappa shape index (κ3) is 6.77. The third-order valence-electron chi connectivity index (χ3n) is 2.81. The fourth-order valence-corrected chi connectivity index (χ4v) is 2.08. The standard InChI is InChI=1S/C14H20F3NO2/c1-10(9-19-2)7-12(18)8-11-3-5-13(6-4-11)20-14(15,16)17/h3-6,10,12H,7-9,18H2,1-2H3. The van der Waals surface area contributed by atoms with E-state index in [1.165, 1.54) is 12.1 Å². The number of rotatable bonds is 7. The molecule has 1 aromatic rings. The average Bonchev–Trinajstić information content (AvgIpc) is 2.30. The summed E-state index contributed by atoms with van der Waals surface area (Å²) in [5.41, 5.74) is 6.90. The summed E-state index contributed by atoms with van der Waals surface area (Å²) in [4.78, 5) is 0. The van der Waals surface area contributed by atoms with Gasteiger partial charge in [0.1, 0.15) is 5.75 Å². The van der Waals surface area contributed by atoms with Gasteiger partial charge in [0.05, 0.1) is 0 Å². The SMILES string of the molecule is COCC(C)CC(N)Cc1ccc(OC(F)(F)F)cc1. The molecule has 0 fully saturated rings. The van der Waals surface area contributed by atoms with Crippen LogP contribution in [0.1, 0.15) is 18.9 Å². The van der Waals surface area contributed by atoms with Gasteiger partial charge in [-0.1, -0.05) is 19.1 Å². The Morgan fingerprint density at radius 3 is 2.30 bits per heavy atom. The van der Waals surface area contributed by atoms with Crippen molar-refractivity contribution in [2.45, 2.75) is 32.2 Å². The molecule has 20 heavy (non-hydrogen) atoms. The van der Waals surface area contributed by atoms with Crippen LogP contribution in [0, 0.1) is 5.92 Å². The molecule has 0 aromatic heterocycles. The van der Waals surface area contributed by atoms with Crippen LogP contribution in [-0.4, -0.2) is 26.1 Å². The second kappa shape index (κ2) is 7.50. The van der Waals surface area contributed by atoms with E-state index in [1.54, 1.807) is 19.2 Å². The summed E-state index contributed by atoms with van der Waals surface area (Å²) in [7, 11) is 1.64. The van der Waals surface area contributed by atoms with Crippen molar-refractivity contribution in [3.8, 4) is 5.75 Å². The van der Waals surface area contributed by atoms with Gasteiger partial charge in [-0.2, -0.15) is 0 Å². The summed E-state index contributed by atoms with van der Waals surface area (Å²) in [6.45, 7) is 2.69. The van der Waals surface area contributed by atoms with Crippen molar-refractivity contribution in [1.29, 1.82) is 0 Å². The second-order valence-corrected chi connectivity index (χ2v) is 4.95. The number of hydrogen-bond acceptors (Lipinski definition) is 3. The van der Waals surface area contributed by atoms with Gasteiger partial charge in [0, 0.05) is 19.8 Å². The van der Waals surface area contributed by atoms with E-state index in [0.29, 0.717) is 18.9 Å². The minimum atomic E-state index is -4.66. The van der Waals surface area contributed by atoms with Gasteiger partial charge >= 0.3 is 6.36 Å². The zero-order valence-corrected chi connectivity index (χ0v) is 11.6. The van der Waals surface area contributed by atoms with E-state index in [2.05, 4.69) is 4.74 Å². The van der Waals surface area contributed by atoms with Crippen molar-refractivity contribution in [1.82, 2.24) is 0 Å². The molecule has 6 heteroatoms. The zero-order chi connectivity index (χ0) is 15.2. The maximum absolute atomic E-state index is 12.0. The van der Waals surface area contributed by atoms with Crippen LogP contribution in [0.2, 0.25) is 0 Å². The van der Waals surface area contributed by atoms with Gasteiger partial charge in [-0.05, 0) is 36.5 Å². The number of nitrogens with two attached hydrogens (primary N) is 1. The van der Waals surface area contributed by atoms with Crippen molar-refractivity contribution < 1.29 is 22.6 Å². The summed E-state index contributed by atoms with van der Waals surface area (Å²) >= 11 is 0. The Hall–Kier alpha value is -1.27. The molecule has 2 N–H and O–H groups in total. The number of hydrogen-bond donors (Lipinski definition) is 1. The van der Waals surface area contributed by atoms with Crippen molar-refractivity contribution in [3.05, 3.63) is 29.8 Å². The molecule has 0 aliphatic rings. The highest BCUT2D eigenvalue weighted by Crippen LogP contribution is 2.23. The molecule has 0 aliphatic carbocycles. The van der Waals surface area contributed by atoms with Gasteiger partial charge in [0.25, 0.3) is 0 Å². The van der Waals surface area contributed by atoms with Gasteiger partial charge in [-0.15, -0.1) is 13.2 Å². The van der Waals surface area contributed by atoms with Crippen LogP contribution in [0.15, 0.2) is 24.3 Å². The van der Waals surface area contributed by atoms with Gasteiger partial charge in [-0.25, -0.2) is 0 Å². The fraction of sp³-hybridized carbons (Fsp3) is 0.571. The molecule has 0 saturated carbocycles. The van der Waals surface area contributed by atoms with Crippen LogP contribution in [0.4, 0.5) is 13.2 Å². The van der Waals surface area contributed by atoms with Crippen molar-refractivity contribution >= 4 is 0 Å². The average molecular weight is 291 g/mol. The van der Waals surface area contributed by atoms with Crippen molar-refractivity contribution in [3.63, 3.8) is 0 Å². The number of methoxy groups -OCH3 is 1. The lowest BCUT2D eigenvalue weighted by Crippen LogP contribution is -2.26. The number of alkyl halides is 3. The molecule has 0 bridgehead atoms. The predicted molar refractivity (Wildman–Crippen MR) is 70.5 cm³/mol. The molecule has 0 amide bonds. The van der Waals surface area contributed by atoms with E-state index < -0.39 is 6.36 Å². The quantitative estimate of drug-likeness (QED) is 0.839. The lowest BCUT2D eigenvalue weighted by Gasteiger charge is -2.17. The smallest absolute Gasteiger partial charge is 0.406 e. The van der Waals surface area contributed by atoms with E-state index in [1.807, 2.05) is 6.92 Å². The lowest BCUT2D eigenvalue weighted by molar-refractivity contribution is -0.274. The van der Waals surface area contributed by atoms with Crippen LogP contribution < -0.4 is 10.5 Å². The molecule has 0 heterocycles. The molecule has 2 atom stereocenters. The fourth-order valence-electron chi connectivity index (χ4n) is 2.08. The maximum atomic E-state index is 12.0. The Bertz CT molecular complexity index is 392. The first-order valence-electron chi connectivity index (χ1n) is 6.39. The van der Waals surface area contributed by atoms with E-state index in [4.69, 9.17) is 10.5 Å². The summed E-state index contributed by atoms with van der Waals surface area (Å²) in [6, 6.07) is 5.75. The topological polar surface area (TPSA) is 44.5 Å². The minimum Gasteiger partial charge on any atom is -0.406 e. The monoisotopic (exact) mass is 291 g/mol. The van der Waals surface area contributed by atoms with Crippen LogP contribution in [0.25, 0.3) is 0 Å². The summed E-state index contributed by atoms with van der Waals surface area (Å²) in [6.07, 6.45) is -3.25. The van der Waals surface area contributed by atoms with Crippen LogP contribution in [-0.2, 0) is 11.2 Å². The Kier molecular flexibility index (Phi) is 6.29. The molecular formula is C14H20F3NO2. The Labute approximate surface area is 116 Å². The minimum absolute atomic E-state index is 0.0467. The Morgan fingerprint density at radius 1 is 1.20 bits per heavy atom. The molecule has 0 saturated heterocycles. The molecule has 114 valence electrons. The van der Waals surface area contributed by atoms with E-state index in [0.717, 1.165) is 12.0 Å². The number of ether oxygens (including phenoxy) is 2. The summed E-state index contributed by atoms with van der Waals surface area (Å²) in [5, 5.41) is 0. The second-order valence-electron chi connectivity index (χ2n) is 4.95. The largest absolute Gasteiger partial charge is 0.573 e. The molecule has 0 aliphatic heterocycles. The molecule has 1 rings (SSSR count). The predicted octanol–water partition coefficient (Wildman–Crippen LogP) is 3.13. The normalized spacial score (nSPS) is 14.9. The number of benzene rings is 1. The molecule has 0 radical (unpaired) electrons. The summed E-state index contributed by atoms with van der Waals surface area (Å²) in [5.74, 6) is 0.130. The third-order valence-corrected chi connectivity index (χ3v) is 2.81. The highest BCUT2D eigenvalue weighted by atomic mass is 19.4. The van der Waals surface area contributed by atoms with Gasteiger partial charge < -0.3 is 15.2 Å². The van der Waals surface area contributed by atoms with Gasteiger partial charge in [0.2, 0.25) is 0 Å². The van der Waals surface area contributed by atoms with Crippen LogP contribution >= 0.6 is 0 Å². The van der Waals surface area contributed by atoms with Crippen LogP contribution in [0.5, 0.6) is 5.75 Å². The zero-order valence-electron chi connectivity index (χ0n) is 11.6. The van der Waals surface area contributed by atoms with Gasteiger partial charge in [0.15, 0.2) is 0 Å². The maximum Gasteiger partial charge on any atom is 0.573 e. The molecule has 2 unspecified atom stereocenters. The summed E-state index contributed by atoms with van der Waals surface area (Å²) < 4.78 is 44.9. The van der Waals surface area contributed by atoms with E-state index >= 15 is 0 Å². The van der Waals surface area contributed by atoms with Gasteiger partial charge in [-0.3, -0.25) is 0 Å². The first kappa shape index (κ1) is 16.8. The Morgan fingerprint density at radius 2 is 1.80 bits per heavy atom. The molecule has 0 spiro atoms. The number of halogens is 3. The highest BCUT2D eigenvalue weighted by Gasteiger charge is 2.30. The highest BCUT2D eigenvalue weighted by molar-refractivity contribution is 5.27. The molecule has 3 nitrogen and oxygen atoms in total.